The second-order valence-corrected chi connectivity index (χ2v) is 4.58. The lowest BCUT2D eigenvalue weighted by Crippen LogP contribution is -2.35. The van der Waals surface area contributed by atoms with Crippen LogP contribution in [0.15, 0.2) is 0 Å². The molecule has 1 aliphatic carbocycles. The van der Waals surface area contributed by atoms with Crippen molar-refractivity contribution in [1.82, 2.24) is 0 Å². The van der Waals surface area contributed by atoms with E-state index < -0.39 is 0 Å². The van der Waals surface area contributed by atoms with Gasteiger partial charge in [0.1, 0.15) is 6.29 Å². The number of rotatable bonds is 2. The molecule has 2 nitrogen and oxygen atoms in total. The Morgan fingerprint density at radius 3 is 2.77 bits per heavy atom. The van der Waals surface area contributed by atoms with E-state index in [4.69, 9.17) is 4.74 Å². The van der Waals surface area contributed by atoms with Gasteiger partial charge in [0.2, 0.25) is 0 Å². The Hall–Kier alpha value is -0.370. The van der Waals surface area contributed by atoms with Crippen molar-refractivity contribution in [2.75, 3.05) is 13.2 Å². The summed E-state index contributed by atoms with van der Waals surface area (Å²) in [5, 5.41) is 0. The van der Waals surface area contributed by atoms with Crippen LogP contribution in [0.3, 0.4) is 0 Å². The lowest BCUT2D eigenvalue weighted by Gasteiger charge is -2.33. The summed E-state index contributed by atoms with van der Waals surface area (Å²) in [6.07, 6.45) is 5.84. The topological polar surface area (TPSA) is 26.3 Å². The number of hydrogen-bond donors (Lipinski definition) is 0. The molecule has 2 fully saturated rings. The predicted molar refractivity (Wildman–Crippen MR) is 50.4 cm³/mol. The molecule has 0 N–H and O–H groups in total. The van der Waals surface area contributed by atoms with E-state index in [9.17, 15) is 4.79 Å². The Morgan fingerprint density at radius 1 is 1.46 bits per heavy atom. The highest BCUT2D eigenvalue weighted by molar-refractivity contribution is 5.61. The van der Waals surface area contributed by atoms with Gasteiger partial charge in [0.15, 0.2) is 0 Å². The van der Waals surface area contributed by atoms with Crippen molar-refractivity contribution >= 4 is 6.29 Å². The Labute approximate surface area is 79.7 Å². The molecule has 3 atom stereocenters. The molecule has 0 bridgehead atoms. The van der Waals surface area contributed by atoms with E-state index in [1.807, 2.05) is 0 Å². The first-order chi connectivity index (χ1) is 6.29. The fourth-order valence-electron chi connectivity index (χ4n) is 3.07. The van der Waals surface area contributed by atoms with Gasteiger partial charge in [-0.05, 0) is 31.1 Å². The van der Waals surface area contributed by atoms with Gasteiger partial charge in [-0.1, -0.05) is 13.3 Å². The van der Waals surface area contributed by atoms with Crippen LogP contribution in [0.4, 0.5) is 0 Å². The van der Waals surface area contributed by atoms with Crippen molar-refractivity contribution in [3.05, 3.63) is 0 Å². The van der Waals surface area contributed by atoms with Crippen LogP contribution in [0.25, 0.3) is 0 Å². The molecule has 74 valence electrons. The van der Waals surface area contributed by atoms with E-state index in [0.29, 0.717) is 11.8 Å². The van der Waals surface area contributed by atoms with Crippen molar-refractivity contribution in [2.24, 2.45) is 17.3 Å². The maximum absolute atomic E-state index is 11.3. The lowest BCUT2D eigenvalue weighted by molar-refractivity contribution is -0.121. The highest BCUT2D eigenvalue weighted by Gasteiger charge is 2.47. The molecule has 1 saturated heterocycles. The summed E-state index contributed by atoms with van der Waals surface area (Å²) >= 11 is 0. The minimum atomic E-state index is -0.0312. The first-order valence-electron chi connectivity index (χ1n) is 5.33. The second kappa shape index (κ2) is 3.41. The molecule has 0 aromatic rings. The third-order valence-corrected chi connectivity index (χ3v) is 4.07. The average molecular weight is 182 g/mol. The highest BCUT2D eigenvalue weighted by atomic mass is 16.5. The van der Waals surface area contributed by atoms with Crippen LogP contribution in [-0.4, -0.2) is 19.5 Å². The van der Waals surface area contributed by atoms with Crippen LogP contribution in [0.5, 0.6) is 0 Å². The Kier molecular flexibility index (Phi) is 2.41. The molecule has 1 aliphatic heterocycles. The zero-order chi connectivity index (χ0) is 9.31. The molecular formula is C11H18O2. The molecular weight excluding hydrogens is 164 g/mol. The van der Waals surface area contributed by atoms with Crippen LogP contribution in [0.2, 0.25) is 0 Å². The van der Waals surface area contributed by atoms with Gasteiger partial charge in [-0.25, -0.2) is 0 Å². The summed E-state index contributed by atoms with van der Waals surface area (Å²) in [7, 11) is 0. The summed E-state index contributed by atoms with van der Waals surface area (Å²) in [6, 6.07) is 0. The van der Waals surface area contributed by atoms with Crippen LogP contribution in [0.1, 0.15) is 32.6 Å². The molecule has 2 aliphatic rings. The van der Waals surface area contributed by atoms with Crippen LogP contribution in [-0.2, 0) is 9.53 Å². The fourth-order valence-corrected chi connectivity index (χ4v) is 3.07. The molecule has 0 aromatic heterocycles. The van der Waals surface area contributed by atoms with Gasteiger partial charge in [0, 0.05) is 12.0 Å². The summed E-state index contributed by atoms with van der Waals surface area (Å²) in [5.74, 6) is 1.07. The van der Waals surface area contributed by atoms with E-state index in [1.165, 1.54) is 19.1 Å². The van der Waals surface area contributed by atoms with Crippen molar-refractivity contribution in [2.45, 2.75) is 32.6 Å². The van der Waals surface area contributed by atoms with Gasteiger partial charge in [-0.3, -0.25) is 0 Å². The Balaban J connectivity index is 2.17. The lowest BCUT2D eigenvalue weighted by atomic mass is 9.69. The smallest absolute Gasteiger partial charge is 0.126 e. The fraction of sp³-hybridized carbons (Fsp3) is 0.909. The summed E-state index contributed by atoms with van der Waals surface area (Å²) in [5.41, 5.74) is -0.0312. The van der Waals surface area contributed by atoms with Gasteiger partial charge in [-0.2, -0.15) is 0 Å². The van der Waals surface area contributed by atoms with E-state index in [-0.39, 0.29) is 5.41 Å². The van der Waals surface area contributed by atoms with E-state index in [0.717, 1.165) is 26.1 Å². The van der Waals surface area contributed by atoms with Crippen molar-refractivity contribution in [1.29, 1.82) is 0 Å². The third-order valence-electron chi connectivity index (χ3n) is 4.07. The molecule has 1 heterocycles. The van der Waals surface area contributed by atoms with Crippen molar-refractivity contribution < 1.29 is 9.53 Å². The number of aldehydes is 1. The average Bonchev–Trinajstić information content (AvgIpc) is 2.73. The largest absolute Gasteiger partial charge is 0.381 e. The quantitative estimate of drug-likeness (QED) is 0.611. The zero-order valence-electron chi connectivity index (χ0n) is 8.29. The number of hydrogen-bond acceptors (Lipinski definition) is 2. The van der Waals surface area contributed by atoms with Gasteiger partial charge in [0.25, 0.3) is 0 Å². The number of carbonyl (C=O) groups is 1. The highest BCUT2D eigenvalue weighted by Crippen LogP contribution is 2.49. The maximum Gasteiger partial charge on any atom is 0.126 e. The monoisotopic (exact) mass is 182 g/mol. The molecule has 2 rings (SSSR count). The molecule has 2 heteroatoms. The number of ether oxygens (including phenoxy) is 1. The summed E-state index contributed by atoms with van der Waals surface area (Å²) in [6.45, 7) is 3.88. The predicted octanol–water partition coefficient (Wildman–Crippen LogP) is 2.03. The first kappa shape index (κ1) is 9.20. The summed E-state index contributed by atoms with van der Waals surface area (Å²) in [4.78, 5) is 11.3. The van der Waals surface area contributed by atoms with Crippen LogP contribution < -0.4 is 0 Å². The maximum atomic E-state index is 11.3. The van der Waals surface area contributed by atoms with Crippen LogP contribution >= 0.6 is 0 Å². The van der Waals surface area contributed by atoms with E-state index in [1.54, 1.807) is 0 Å². The van der Waals surface area contributed by atoms with Gasteiger partial charge < -0.3 is 9.53 Å². The van der Waals surface area contributed by atoms with Gasteiger partial charge in [0.05, 0.1) is 6.61 Å². The van der Waals surface area contributed by atoms with Crippen LogP contribution in [0, 0.1) is 17.3 Å². The second-order valence-electron chi connectivity index (χ2n) is 4.58. The van der Waals surface area contributed by atoms with Crippen molar-refractivity contribution in [3.63, 3.8) is 0 Å². The van der Waals surface area contributed by atoms with Crippen molar-refractivity contribution in [3.8, 4) is 0 Å². The molecule has 3 unspecified atom stereocenters. The molecule has 0 amide bonds. The minimum Gasteiger partial charge on any atom is -0.381 e. The first-order valence-corrected chi connectivity index (χ1v) is 5.33. The number of carbonyl (C=O) groups excluding carboxylic acids is 1. The molecule has 13 heavy (non-hydrogen) atoms. The standard InChI is InChI=1S/C11H18O2/c1-9-3-2-5-11(9,8-12)10-4-6-13-7-10/h8-10H,2-7H2,1H3. The minimum absolute atomic E-state index is 0.0312. The van der Waals surface area contributed by atoms with E-state index >= 15 is 0 Å². The third kappa shape index (κ3) is 1.32. The SMILES string of the molecule is CC1CCCC1(C=O)C1CCOC1. The Morgan fingerprint density at radius 2 is 2.31 bits per heavy atom. The zero-order valence-corrected chi connectivity index (χ0v) is 8.29. The normalized spacial score (nSPS) is 45.3. The molecule has 1 saturated carbocycles. The van der Waals surface area contributed by atoms with Gasteiger partial charge in [-0.15, -0.1) is 0 Å². The Bertz CT molecular complexity index is 196. The van der Waals surface area contributed by atoms with Gasteiger partial charge >= 0.3 is 0 Å². The van der Waals surface area contributed by atoms with E-state index in [2.05, 4.69) is 6.92 Å². The molecule has 0 aromatic carbocycles. The summed E-state index contributed by atoms with van der Waals surface area (Å²) < 4.78 is 5.39. The molecule has 0 radical (unpaired) electrons. The molecule has 0 spiro atoms.